The Bertz CT molecular complexity index is 364. The second kappa shape index (κ2) is 5.04. The predicted molar refractivity (Wildman–Crippen MR) is 73.7 cm³/mol. The lowest BCUT2D eigenvalue weighted by Crippen LogP contribution is -2.51. The van der Waals surface area contributed by atoms with Crippen molar-refractivity contribution in [3.63, 3.8) is 0 Å². The van der Waals surface area contributed by atoms with Crippen molar-refractivity contribution in [2.75, 3.05) is 26.2 Å². The van der Waals surface area contributed by atoms with Crippen LogP contribution < -0.4 is 5.32 Å². The normalized spacial score (nSPS) is 18.9. The molecule has 96 valence electrons. The van der Waals surface area contributed by atoms with Crippen LogP contribution in [0.15, 0.2) is 6.20 Å². The van der Waals surface area contributed by atoms with Crippen LogP contribution in [-0.4, -0.2) is 36.1 Å². The van der Waals surface area contributed by atoms with Gasteiger partial charge in [-0.1, -0.05) is 13.8 Å². The molecule has 0 amide bonds. The lowest BCUT2D eigenvalue weighted by Gasteiger charge is -2.39. The van der Waals surface area contributed by atoms with Crippen LogP contribution in [0.25, 0.3) is 0 Å². The lowest BCUT2D eigenvalue weighted by atomic mass is 10.0. The Kier molecular flexibility index (Phi) is 3.85. The van der Waals surface area contributed by atoms with Gasteiger partial charge in [-0.3, -0.25) is 4.90 Å². The van der Waals surface area contributed by atoms with Crippen molar-refractivity contribution < 1.29 is 0 Å². The fourth-order valence-corrected chi connectivity index (χ4v) is 3.24. The molecule has 1 saturated heterocycles. The molecule has 17 heavy (non-hydrogen) atoms. The summed E-state index contributed by atoms with van der Waals surface area (Å²) in [5.74, 6) is 0.583. The lowest BCUT2D eigenvalue weighted by molar-refractivity contribution is 0.102. The first-order valence-electron chi connectivity index (χ1n) is 6.44. The molecule has 1 aromatic heterocycles. The molecule has 2 rings (SSSR count). The molecule has 3 nitrogen and oxygen atoms in total. The zero-order valence-corrected chi connectivity index (χ0v) is 12.1. The van der Waals surface area contributed by atoms with E-state index in [4.69, 9.17) is 0 Å². The molecule has 1 aliphatic rings. The van der Waals surface area contributed by atoms with Crippen LogP contribution in [0.2, 0.25) is 0 Å². The Labute approximate surface area is 108 Å². The standard InChI is InChI=1S/C13H23N3S/c1-10(2)11-9-15-12(17-11)13(3,4)16-7-5-14-6-8-16/h9-10,14H,5-8H2,1-4H3. The Hall–Kier alpha value is -0.450. The van der Waals surface area contributed by atoms with Crippen LogP contribution in [-0.2, 0) is 5.54 Å². The second-order valence-electron chi connectivity index (χ2n) is 5.52. The summed E-state index contributed by atoms with van der Waals surface area (Å²) < 4.78 is 0. The minimum absolute atomic E-state index is 0.0694. The molecule has 1 fully saturated rings. The Balaban J connectivity index is 2.17. The van der Waals surface area contributed by atoms with E-state index in [9.17, 15) is 0 Å². The van der Waals surface area contributed by atoms with Gasteiger partial charge < -0.3 is 5.32 Å². The van der Waals surface area contributed by atoms with E-state index in [0.717, 1.165) is 26.2 Å². The SMILES string of the molecule is CC(C)c1cnc(C(C)(C)N2CCNCC2)s1. The van der Waals surface area contributed by atoms with Crippen LogP contribution in [0.1, 0.15) is 43.5 Å². The van der Waals surface area contributed by atoms with Gasteiger partial charge in [-0.2, -0.15) is 0 Å². The minimum atomic E-state index is 0.0694. The van der Waals surface area contributed by atoms with Gasteiger partial charge in [0.1, 0.15) is 5.01 Å². The molecule has 0 atom stereocenters. The van der Waals surface area contributed by atoms with E-state index in [-0.39, 0.29) is 5.54 Å². The van der Waals surface area contributed by atoms with Crippen LogP contribution in [0.5, 0.6) is 0 Å². The van der Waals surface area contributed by atoms with E-state index in [2.05, 4.69) is 49.1 Å². The number of hydrogen-bond donors (Lipinski definition) is 1. The highest BCUT2D eigenvalue weighted by molar-refractivity contribution is 7.11. The monoisotopic (exact) mass is 253 g/mol. The summed E-state index contributed by atoms with van der Waals surface area (Å²) in [5, 5.41) is 4.66. The van der Waals surface area contributed by atoms with Crippen LogP contribution >= 0.6 is 11.3 Å². The van der Waals surface area contributed by atoms with Gasteiger partial charge in [0.25, 0.3) is 0 Å². The Morgan fingerprint density at radius 2 is 2.00 bits per heavy atom. The fraction of sp³-hybridized carbons (Fsp3) is 0.769. The summed E-state index contributed by atoms with van der Waals surface area (Å²) in [6, 6.07) is 0. The van der Waals surface area contributed by atoms with Crippen molar-refractivity contribution >= 4 is 11.3 Å². The first-order valence-corrected chi connectivity index (χ1v) is 7.25. The van der Waals surface area contributed by atoms with Gasteiger partial charge >= 0.3 is 0 Å². The summed E-state index contributed by atoms with van der Waals surface area (Å²) in [6.07, 6.45) is 2.05. The number of piperazine rings is 1. The van der Waals surface area contributed by atoms with Gasteiger partial charge in [0.15, 0.2) is 0 Å². The molecule has 1 aliphatic heterocycles. The van der Waals surface area contributed by atoms with Crippen LogP contribution in [0, 0.1) is 0 Å². The van der Waals surface area contributed by atoms with Crippen LogP contribution in [0.4, 0.5) is 0 Å². The van der Waals surface area contributed by atoms with E-state index < -0.39 is 0 Å². The second-order valence-corrected chi connectivity index (χ2v) is 6.58. The summed E-state index contributed by atoms with van der Waals surface area (Å²) in [4.78, 5) is 8.57. The molecule has 0 spiro atoms. The van der Waals surface area contributed by atoms with Crippen molar-refractivity contribution in [3.8, 4) is 0 Å². The molecule has 0 saturated carbocycles. The Morgan fingerprint density at radius 3 is 2.53 bits per heavy atom. The Morgan fingerprint density at radius 1 is 1.35 bits per heavy atom. The topological polar surface area (TPSA) is 28.2 Å². The van der Waals surface area contributed by atoms with Crippen molar-refractivity contribution in [1.29, 1.82) is 0 Å². The average Bonchev–Trinajstić information content (AvgIpc) is 2.80. The van der Waals surface area contributed by atoms with Gasteiger partial charge in [-0.15, -0.1) is 11.3 Å². The first kappa shape index (κ1) is 13.0. The molecule has 0 radical (unpaired) electrons. The molecule has 0 aromatic carbocycles. The number of hydrogen-bond acceptors (Lipinski definition) is 4. The first-order chi connectivity index (χ1) is 8.01. The third-order valence-electron chi connectivity index (χ3n) is 3.52. The number of thiazole rings is 1. The van der Waals surface area contributed by atoms with E-state index in [1.165, 1.54) is 9.88 Å². The van der Waals surface area contributed by atoms with E-state index in [1.807, 2.05) is 11.3 Å². The number of rotatable bonds is 3. The van der Waals surface area contributed by atoms with Crippen molar-refractivity contribution in [2.24, 2.45) is 0 Å². The van der Waals surface area contributed by atoms with E-state index in [0.29, 0.717) is 5.92 Å². The zero-order valence-electron chi connectivity index (χ0n) is 11.3. The molecule has 0 aliphatic carbocycles. The zero-order chi connectivity index (χ0) is 12.5. The summed E-state index contributed by atoms with van der Waals surface area (Å²) in [6.45, 7) is 13.5. The van der Waals surface area contributed by atoms with Gasteiger partial charge in [-0.05, 0) is 19.8 Å². The van der Waals surface area contributed by atoms with Gasteiger partial charge in [0.05, 0.1) is 5.54 Å². The fourth-order valence-electron chi connectivity index (χ4n) is 2.20. The molecule has 4 heteroatoms. The van der Waals surface area contributed by atoms with Crippen molar-refractivity contribution in [3.05, 3.63) is 16.1 Å². The number of aromatic nitrogens is 1. The quantitative estimate of drug-likeness (QED) is 0.896. The maximum absolute atomic E-state index is 4.64. The molecular formula is C13H23N3S. The van der Waals surface area contributed by atoms with Gasteiger partial charge in [-0.25, -0.2) is 4.98 Å². The summed E-state index contributed by atoms with van der Waals surface area (Å²) in [7, 11) is 0. The predicted octanol–water partition coefficient (Wildman–Crippen LogP) is 2.41. The highest BCUT2D eigenvalue weighted by Gasteiger charge is 2.32. The minimum Gasteiger partial charge on any atom is -0.314 e. The maximum Gasteiger partial charge on any atom is 0.113 e. The smallest absolute Gasteiger partial charge is 0.113 e. The van der Waals surface area contributed by atoms with Gasteiger partial charge in [0, 0.05) is 37.3 Å². The molecule has 1 aromatic rings. The highest BCUT2D eigenvalue weighted by atomic mass is 32.1. The average molecular weight is 253 g/mol. The largest absolute Gasteiger partial charge is 0.314 e. The molecular weight excluding hydrogens is 230 g/mol. The van der Waals surface area contributed by atoms with E-state index in [1.54, 1.807) is 0 Å². The number of nitrogens with one attached hydrogen (secondary N) is 1. The van der Waals surface area contributed by atoms with Crippen molar-refractivity contribution in [2.45, 2.75) is 39.2 Å². The number of nitrogens with zero attached hydrogens (tertiary/aromatic N) is 2. The molecule has 0 unspecified atom stereocenters. The van der Waals surface area contributed by atoms with Crippen molar-refractivity contribution in [1.82, 2.24) is 15.2 Å². The molecule has 0 bridgehead atoms. The van der Waals surface area contributed by atoms with E-state index >= 15 is 0 Å². The summed E-state index contributed by atoms with van der Waals surface area (Å²) >= 11 is 1.87. The molecule has 1 N–H and O–H groups in total. The van der Waals surface area contributed by atoms with Crippen LogP contribution in [0.3, 0.4) is 0 Å². The molecule has 2 heterocycles. The maximum atomic E-state index is 4.64. The summed E-state index contributed by atoms with van der Waals surface area (Å²) in [5.41, 5.74) is 0.0694. The third-order valence-corrected chi connectivity index (χ3v) is 5.13. The van der Waals surface area contributed by atoms with Gasteiger partial charge in [0.2, 0.25) is 0 Å². The third kappa shape index (κ3) is 2.69. The highest BCUT2D eigenvalue weighted by Crippen LogP contribution is 2.33.